The van der Waals surface area contributed by atoms with E-state index < -0.39 is 0 Å². The summed E-state index contributed by atoms with van der Waals surface area (Å²) in [6.45, 7) is 4.51. The quantitative estimate of drug-likeness (QED) is 0.851. The molecule has 0 spiro atoms. The highest BCUT2D eigenvalue weighted by Crippen LogP contribution is 2.13. The Labute approximate surface area is 128 Å². The number of nitrogens with zero attached hydrogens (tertiary/aromatic N) is 4. The van der Waals surface area contributed by atoms with Gasteiger partial charge in [-0.25, -0.2) is 9.67 Å². The number of amides is 1. The number of hydrogen-bond acceptors (Lipinski definition) is 6. The van der Waals surface area contributed by atoms with E-state index in [0.717, 1.165) is 25.2 Å². The number of carbonyl (C=O) groups excluding carboxylic acids is 1. The standard InChI is InChI=1S/C14H20N6O2/c1-3-11(14(21)18-12-6-9(2)22-19-12)17-10-4-5-13-15-8-16-20(13)7-10/h6,8,10-11,17H,3-5,7H2,1-2H3,(H,18,19,21)/t10-,11+/m1/s1. The van der Waals surface area contributed by atoms with Gasteiger partial charge in [-0.3, -0.25) is 4.79 Å². The zero-order chi connectivity index (χ0) is 15.5. The van der Waals surface area contributed by atoms with Crippen LogP contribution in [0.25, 0.3) is 0 Å². The van der Waals surface area contributed by atoms with Crippen molar-refractivity contribution in [2.45, 2.75) is 51.7 Å². The molecule has 0 fully saturated rings. The van der Waals surface area contributed by atoms with Gasteiger partial charge in [-0.2, -0.15) is 5.10 Å². The molecule has 1 aliphatic rings. The zero-order valence-electron chi connectivity index (χ0n) is 12.7. The molecule has 8 nitrogen and oxygen atoms in total. The van der Waals surface area contributed by atoms with Crippen LogP contribution in [0.5, 0.6) is 0 Å². The number of anilines is 1. The van der Waals surface area contributed by atoms with Crippen molar-refractivity contribution in [3.05, 3.63) is 24.0 Å². The van der Waals surface area contributed by atoms with E-state index in [-0.39, 0.29) is 18.0 Å². The Kier molecular flexibility index (Phi) is 4.19. The minimum atomic E-state index is -0.271. The lowest BCUT2D eigenvalue weighted by Crippen LogP contribution is -2.48. The van der Waals surface area contributed by atoms with Gasteiger partial charge in [-0.1, -0.05) is 12.1 Å². The van der Waals surface area contributed by atoms with Gasteiger partial charge in [0.2, 0.25) is 5.91 Å². The molecule has 0 aliphatic carbocycles. The van der Waals surface area contributed by atoms with E-state index in [1.807, 2.05) is 11.6 Å². The van der Waals surface area contributed by atoms with Crippen LogP contribution in [-0.2, 0) is 17.8 Å². The van der Waals surface area contributed by atoms with E-state index in [1.165, 1.54) is 0 Å². The molecule has 2 atom stereocenters. The second kappa shape index (κ2) is 6.27. The van der Waals surface area contributed by atoms with Crippen LogP contribution in [0.2, 0.25) is 0 Å². The number of aryl methyl sites for hydroxylation is 2. The van der Waals surface area contributed by atoms with Crippen LogP contribution in [0.1, 0.15) is 31.4 Å². The van der Waals surface area contributed by atoms with Crippen LogP contribution in [0.3, 0.4) is 0 Å². The minimum Gasteiger partial charge on any atom is -0.360 e. The first kappa shape index (κ1) is 14.7. The Balaban J connectivity index is 1.59. The summed E-state index contributed by atoms with van der Waals surface area (Å²) < 4.78 is 6.85. The first-order valence-corrected chi connectivity index (χ1v) is 7.52. The van der Waals surface area contributed by atoms with Gasteiger partial charge in [0.15, 0.2) is 5.82 Å². The summed E-state index contributed by atoms with van der Waals surface area (Å²) in [5, 5.41) is 14.2. The number of carbonyl (C=O) groups is 1. The molecule has 2 aromatic heterocycles. The SMILES string of the molecule is CC[C@H](N[C@@H]1CCc2ncnn2C1)C(=O)Nc1cc(C)on1. The van der Waals surface area contributed by atoms with Crippen LogP contribution in [0.4, 0.5) is 5.82 Å². The van der Waals surface area contributed by atoms with E-state index in [1.54, 1.807) is 19.3 Å². The van der Waals surface area contributed by atoms with Crippen molar-refractivity contribution < 1.29 is 9.32 Å². The Bertz CT molecular complexity index is 649. The highest BCUT2D eigenvalue weighted by molar-refractivity contribution is 5.93. The Morgan fingerprint density at radius 2 is 2.45 bits per heavy atom. The fourth-order valence-corrected chi connectivity index (χ4v) is 2.68. The molecule has 3 rings (SSSR count). The first-order valence-electron chi connectivity index (χ1n) is 7.52. The molecule has 1 aliphatic heterocycles. The maximum Gasteiger partial charge on any atom is 0.242 e. The second-order valence-corrected chi connectivity index (χ2v) is 5.53. The van der Waals surface area contributed by atoms with E-state index in [9.17, 15) is 4.79 Å². The van der Waals surface area contributed by atoms with Crippen LogP contribution in [0.15, 0.2) is 16.9 Å². The fourth-order valence-electron chi connectivity index (χ4n) is 2.68. The molecule has 118 valence electrons. The van der Waals surface area contributed by atoms with Gasteiger partial charge < -0.3 is 15.2 Å². The predicted molar refractivity (Wildman–Crippen MR) is 79.2 cm³/mol. The second-order valence-electron chi connectivity index (χ2n) is 5.53. The molecule has 3 heterocycles. The summed E-state index contributed by atoms with van der Waals surface area (Å²) in [6, 6.07) is 1.64. The number of hydrogen-bond donors (Lipinski definition) is 2. The normalized spacial score (nSPS) is 18.7. The molecule has 2 N–H and O–H groups in total. The molecule has 0 aromatic carbocycles. The topological polar surface area (TPSA) is 97.9 Å². The third-order valence-electron chi connectivity index (χ3n) is 3.85. The molecule has 0 saturated heterocycles. The van der Waals surface area contributed by atoms with Gasteiger partial charge in [-0.15, -0.1) is 0 Å². The monoisotopic (exact) mass is 304 g/mol. The van der Waals surface area contributed by atoms with Crippen LogP contribution < -0.4 is 10.6 Å². The summed E-state index contributed by atoms with van der Waals surface area (Å²) in [5.41, 5.74) is 0. The molecule has 0 bridgehead atoms. The molecule has 8 heteroatoms. The fraction of sp³-hybridized carbons (Fsp3) is 0.571. The summed E-state index contributed by atoms with van der Waals surface area (Å²) in [7, 11) is 0. The highest BCUT2D eigenvalue weighted by atomic mass is 16.5. The molecule has 1 amide bonds. The lowest BCUT2D eigenvalue weighted by molar-refractivity contribution is -0.118. The van der Waals surface area contributed by atoms with Gasteiger partial charge in [0.25, 0.3) is 0 Å². The van der Waals surface area contributed by atoms with Crippen LogP contribution in [-0.4, -0.2) is 37.9 Å². The lowest BCUT2D eigenvalue weighted by atomic mass is 10.1. The molecular formula is C14H20N6O2. The van der Waals surface area contributed by atoms with Crippen molar-refractivity contribution in [1.29, 1.82) is 0 Å². The van der Waals surface area contributed by atoms with E-state index >= 15 is 0 Å². The van der Waals surface area contributed by atoms with Crippen molar-refractivity contribution >= 4 is 11.7 Å². The van der Waals surface area contributed by atoms with Crippen molar-refractivity contribution in [1.82, 2.24) is 25.2 Å². The smallest absolute Gasteiger partial charge is 0.242 e. The largest absolute Gasteiger partial charge is 0.360 e. The summed E-state index contributed by atoms with van der Waals surface area (Å²) in [6.07, 6.45) is 4.10. The molecular weight excluding hydrogens is 284 g/mol. The third-order valence-corrected chi connectivity index (χ3v) is 3.85. The molecule has 22 heavy (non-hydrogen) atoms. The molecule has 0 radical (unpaired) electrons. The molecule has 2 aromatic rings. The summed E-state index contributed by atoms with van der Waals surface area (Å²) in [4.78, 5) is 16.5. The van der Waals surface area contributed by atoms with Gasteiger partial charge in [-0.05, 0) is 19.8 Å². The summed E-state index contributed by atoms with van der Waals surface area (Å²) in [5.74, 6) is 2.03. The Morgan fingerprint density at radius 1 is 1.59 bits per heavy atom. The number of nitrogens with one attached hydrogen (secondary N) is 2. The maximum absolute atomic E-state index is 12.3. The van der Waals surface area contributed by atoms with Crippen molar-refractivity contribution in [3.8, 4) is 0 Å². The average Bonchev–Trinajstić information content (AvgIpc) is 3.12. The number of rotatable bonds is 5. The third kappa shape index (κ3) is 3.16. The molecule has 0 unspecified atom stereocenters. The van der Waals surface area contributed by atoms with Gasteiger partial charge in [0.1, 0.15) is 17.9 Å². The van der Waals surface area contributed by atoms with Crippen LogP contribution >= 0.6 is 0 Å². The number of aromatic nitrogens is 4. The highest BCUT2D eigenvalue weighted by Gasteiger charge is 2.25. The van der Waals surface area contributed by atoms with Gasteiger partial charge >= 0.3 is 0 Å². The molecule has 0 saturated carbocycles. The Hall–Kier alpha value is -2.22. The van der Waals surface area contributed by atoms with E-state index in [2.05, 4.69) is 25.9 Å². The van der Waals surface area contributed by atoms with Gasteiger partial charge in [0.05, 0.1) is 12.6 Å². The zero-order valence-corrected chi connectivity index (χ0v) is 12.7. The lowest BCUT2D eigenvalue weighted by Gasteiger charge is -2.27. The predicted octanol–water partition coefficient (Wildman–Crippen LogP) is 0.896. The van der Waals surface area contributed by atoms with Crippen molar-refractivity contribution in [2.24, 2.45) is 0 Å². The van der Waals surface area contributed by atoms with Crippen molar-refractivity contribution in [2.75, 3.05) is 5.32 Å². The number of fused-ring (bicyclic) bond motifs is 1. The van der Waals surface area contributed by atoms with Crippen molar-refractivity contribution in [3.63, 3.8) is 0 Å². The van der Waals surface area contributed by atoms with E-state index in [4.69, 9.17) is 4.52 Å². The first-order chi connectivity index (χ1) is 10.7. The average molecular weight is 304 g/mol. The minimum absolute atomic E-state index is 0.0970. The van der Waals surface area contributed by atoms with Crippen LogP contribution in [0, 0.1) is 6.92 Å². The maximum atomic E-state index is 12.3. The van der Waals surface area contributed by atoms with E-state index in [0.29, 0.717) is 18.0 Å². The van der Waals surface area contributed by atoms with Gasteiger partial charge in [0, 0.05) is 18.5 Å². The summed E-state index contributed by atoms with van der Waals surface area (Å²) >= 11 is 0. The Morgan fingerprint density at radius 3 is 3.18 bits per heavy atom.